The zero-order chi connectivity index (χ0) is 9.90. The molecule has 0 aliphatic rings. The maximum atomic E-state index is 12.3. The van der Waals surface area contributed by atoms with Crippen molar-refractivity contribution in [3.8, 4) is 0 Å². The third-order valence-corrected chi connectivity index (χ3v) is 1.62. The fraction of sp³-hybridized carbons (Fsp3) is 0.250. The predicted octanol–water partition coefficient (Wildman–Crippen LogP) is 2.51. The summed E-state index contributed by atoms with van der Waals surface area (Å²) < 4.78 is 36.9. The van der Waals surface area contributed by atoms with Gasteiger partial charge in [-0.05, 0) is 11.6 Å². The zero-order valence-corrected chi connectivity index (χ0v) is 9.18. The summed E-state index contributed by atoms with van der Waals surface area (Å²) in [5, 5.41) is 0. The SMILES string of the molecule is Cl.Cl.NNCc1ccccc1C(F)(F)F. The number of alkyl halides is 3. The van der Waals surface area contributed by atoms with Gasteiger partial charge in [0.1, 0.15) is 0 Å². The van der Waals surface area contributed by atoms with E-state index < -0.39 is 11.7 Å². The molecule has 0 heterocycles. The van der Waals surface area contributed by atoms with Crippen molar-refractivity contribution in [2.75, 3.05) is 0 Å². The van der Waals surface area contributed by atoms with Gasteiger partial charge in [0.2, 0.25) is 0 Å². The fourth-order valence-electron chi connectivity index (χ4n) is 1.06. The highest BCUT2D eigenvalue weighted by molar-refractivity contribution is 5.85. The molecule has 1 aromatic carbocycles. The van der Waals surface area contributed by atoms with Crippen LogP contribution in [0.2, 0.25) is 0 Å². The standard InChI is InChI=1S/C8H9F3N2.2ClH/c9-8(10,11)7-4-2-1-3-6(7)5-13-12;;/h1-4,13H,5,12H2;2*1H. The highest BCUT2D eigenvalue weighted by Gasteiger charge is 2.32. The summed E-state index contributed by atoms with van der Waals surface area (Å²) in [5.74, 6) is 4.96. The van der Waals surface area contributed by atoms with Crippen molar-refractivity contribution >= 4 is 24.8 Å². The molecule has 0 aromatic heterocycles. The Morgan fingerprint density at radius 2 is 1.67 bits per heavy atom. The van der Waals surface area contributed by atoms with E-state index in [2.05, 4.69) is 5.43 Å². The number of nitrogens with one attached hydrogen (secondary N) is 1. The van der Waals surface area contributed by atoms with E-state index in [-0.39, 0.29) is 36.9 Å². The Bertz CT molecular complexity index is 291. The fourth-order valence-corrected chi connectivity index (χ4v) is 1.06. The summed E-state index contributed by atoms with van der Waals surface area (Å²) in [6.07, 6.45) is -4.31. The van der Waals surface area contributed by atoms with Crippen molar-refractivity contribution in [3.05, 3.63) is 35.4 Å². The van der Waals surface area contributed by atoms with Crippen LogP contribution in [0.25, 0.3) is 0 Å². The van der Waals surface area contributed by atoms with Crippen molar-refractivity contribution < 1.29 is 13.2 Å². The van der Waals surface area contributed by atoms with Crippen LogP contribution in [0.4, 0.5) is 13.2 Å². The number of nitrogens with two attached hydrogens (primary N) is 1. The molecule has 88 valence electrons. The summed E-state index contributed by atoms with van der Waals surface area (Å²) >= 11 is 0. The van der Waals surface area contributed by atoms with E-state index in [0.29, 0.717) is 0 Å². The molecule has 0 spiro atoms. The van der Waals surface area contributed by atoms with Gasteiger partial charge in [-0.1, -0.05) is 18.2 Å². The molecule has 2 nitrogen and oxygen atoms in total. The highest BCUT2D eigenvalue weighted by atomic mass is 35.5. The van der Waals surface area contributed by atoms with E-state index in [0.717, 1.165) is 6.07 Å². The molecule has 0 atom stereocenters. The Kier molecular flexibility index (Phi) is 7.78. The second-order valence-corrected chi connectivity index (χ2v) is 2.54. The molecule has 0 aliphatic carbocycles. The molecule has 1 rings (SSSR count). The third-order valence-electron chi connectivity index (χ3n) is 1.62. The van der Waals surface area contributed by atoms with E-state index >= 15 is 0 Å². The van der Waals surface area contributed by atoms with Crippen molar-refractivity contribution in [1.82, 2.24) is 5.43 Å². The summed E-state index contributed by atoms with van der Waals surface area (Å²) in [5.41, 5.74) is 1.70. The van der Waals surface area contributed by atoms with Gasteiger partial charge in [-0.15, -0.1) is 24.8 Å². The van der Waals surface area contributed by atoms with Crippen LogP contribution in [0.3, 0.4) is 0 Å². The maximum absolute atomic E-state index is 12.3. The van der Waals surface area contributed by atoms with Crippen LogP contribution >= 0.6 is 24.8 Å². The van der Waals surface area contributed by atoms with Crippen molar-refractivity contribution in [3.63, 3.8) is 0 Å². The minimum absolute atomic E-state index is 0. The Hall–Kier alpha value is -0.490. The summed E-state index contributed by atoms with van der Waals surface area (Å²) in [4.78, 5) is 0. The number of benzene rings is 1. The van der Waals surface area contributed by atoms with Crippen molar-refractivity contribution in [1.29, 1.82) is 0 Å². The average molecular weight is 263 g/mol. The number of rotatable bonds is 2. The molecule has 0 bridgehead atoms. The molecule has 0 saturated carbocycles. The van der Waals surface area contributed by atoms with Gasteiger partial charge < -0.3 is 0 Å². The first-order chi connectivity index (χ1) is 6.05. The minimum atomic E-state index is -4.31. The molecule has 3 N–H and O–H groups in total. The summed E-state index contributed by atoms with van der Waals surface area (Å²) in [6.45, 7) is 0.00961. The van der Waals surface area contributed by atoms with Gasteiger partial charge in [0, 0.05) is 6.54 Å². The van der Waals surface area contributed by atoms with Crippen LogP contribution < -0.4 is 11.3 Å². The van der Waals surface area contributed by atoms with Crippen molar-refractivity contribution in [2.45, 2.75) is 12.7 Å². The van der Waals surface area contributed by atoms with E-state index in [1.54, 1.807) is 6.07 Å². The molecule has 0 saturated heterocycles. The lowest BCUT2D eigenvalue weighted by molar-refractivity contribution is -0.138. The van der Waals surface area contributed by atoms with Crippen LogP contribution in [0.1, 0.15) is 11.1 Å². The van der Waals surface area contributed by atoms with Crippen LogP contribution in [-0.4, -0.2) is 0 Å². The van der Waals surface area contributed by atoms with Gasteiger partial charge in [0.25, 0.3) is 0 Å². The van der Waals surface area contributed by atoms with Gasteiger partial charge in [-0.25, -0.2) is 0 Å². The predicted molar refractivity (Wildman–Crippen MR) is 57.0 cm³/mol. The minimum Gasteiger partial charge on any atom is -0.271 e. The molecule has 0 aliphatic heterocycles. The normalized spacial score (nSPS) is 10.1. The molecule has 15 heavy (non-hydrogen) atoms. The smallest absolute Gasteiger partial charge is 0.271 e. The van der Waals surface area contributed by atoms with E-state index in [1.165, 1.54) is 12.1 Å². The van der Waals surface area contributed by atoms with E-state index in [1.807, 2.05) is 0 Å². The lowest BCUT2D eigenvalue weighted by Crippen LogP contribution is -2.23. The first-order valence-corrected chi connectivity index (χ1v) is 3.64. The van der Waals surface area contributed by atoms with Crippen LogP contribution in [0.5, 0.6) is 0 Å². The monoisotopic (exact) mass is 262 g/mol. The molecule has 7 heteroatoms. The van der Waals surface area contributed by atoms with Gasteiger partial charge in [0.15, 0.2) is 0 Å². The zero-order valence-electron chi connectivity index (χ0n) is 7.54. The number of hydrazine groups is 1. The third kappa shape index (κ3) is 4.70. The maximum Gasteiger partial charge on any atom is 0.416 e. The molecule has 0 fully saturated rings. The Labute approximate surface area is 97.8 Å². The second-order valence-electron chi connectivity index (χ2n) is 2.54. The number of halogens is 5. The van der Waals surface area contributed by atoms with Crippen molar-refractivity contribution in [2.24, 2.45) is 5.84 Å². The van der Waals surface area contributed by atoms with Crippen LogP contribution in [-0.2, 0) is 12.7 Å². The largest absolute Gasteiger partial charge is 0.416 e. The lowest BCUT2D eigenvalue weighted by atomic mass is 10.1. The average Bonchev–Trinajstić information content (AvgIpc) is 2.04. The molecule has 0 amide bonds. The topological polar surface area (TPSA) is 38.0 Å². The van der Waals surface area contributed by atoms with Gasteiger partial charge in [0.05, 0.1) is 5.56 Å². The van der Waals surface area contributed by atoms with E-state index in [9.17, 15) is 13.2 Å². The van der Waals surface area contributed by atoms with E-state index in [4.69, 9.17) is 5.84 Å². The second kappa shape index (κ2) is 6.90. The van der Waals surface area contributed by atoms with Gasteiger partial charge in [-0.2, -0.15) is 13.2 Å². The molecule has 0 radical (unpaired) electrons. The summed E-state index contributed by atoms with van der Waals surface area (Å²) in [6, 6.07) is 5.32. The first-order valence-electron chi connectivity index (χ1n) is 3.64. The molecular weight excluding hydrogens is 252 g/mol. The summed E-state index contributed by atoms with van der Waals surface area (Å²) in [7, 11) is 0. The number of hydrogen-bond acceptors (Lipinski definition) is 2. The molecule has 1 aromatic rings. The van der Waals surface area contributed by atoms with Gasteiger partial charge in [-0.3, -0.25) is 11.3 Å². The molecule has 0 unspecified atom stereocenters. The lowest BCUT2D eigenvalue weighted by Gasteiger charge is -2.11. The quantitative estimate of drug-likeness (QED) is 0.635. The Morgan fingerprint density at radius 1 is 1.13 bits per heavy atom. The van der Waals surface area contributed by atoms with Gasteiger partial charge >= 0.3 is 6.18 Å². The number of hydrogen-bond donors (Lipinski definition) is 2. The highest BCUT2D eigenvalue weighted by Crippen LogP contribution is 2.31. The molecular formula is C8H11Cl2F3N2. The Morgan fingerprint density at radius 3 is 2.13 bits per heavy atom. The van der Waals surface area contributed by atoms with Crippen LogP contribution in [0.15, 0.2) is 24.3 Å². The van der Waals surface area contributed by atoms with Crippen LogP contribution in [0, 0.1) is 0 Å². The first kappa shape index (κ1) is 16.9. The Balaban J connectivity index is 0.